The lowest BCUT2D eigenvalue weighted by Gasteiger charge is -2.31. The zero-order chi connectivity index (χ0) is 27.7. The number of benzene rings is 2. The fraction of sp³-hybridized carbons (Fsp3) is 0.448. The number of anilines is 1. The third kappa shape index (κ3) is 5.47. The van der Waals surface area contributed by atoms with Crippen LogP contribution in [0.15, 0.2) is 42.5 Å². The number of rotatable bonds is 11. The number of carboxylic acids is 1. The van der Waals surface area contributed by atoms with Crippen molar-refractivity contribution in [3.05, 3.63) is 59.4 Å². The van der Waals surface area contributed by atoms with Crippen LogP contribution in [0.3, 0.4) is 0 Å². The maximum atomic E-state index is 13.9. The minimum Gasteiger partial charge on any atom is -0.481 e. The summed E-state index contributed by atoms with van der Waals surface area (Å²) in [5, 5.41) is 19.9. The molecule has 206 valence electrons. The van der Waals surface area contributed by atoms with E-state index in [2.05, 4.69) is 28.1 Å². The van der Waals surface area contributed by atoms with E-state index in [1.165, 1.54) is 0 Å². The molecule has 39 heavy (non-hydrogen) atoms. The number of carbonyl (C=O) groups is 2. The van der Waals surface area contributed by atoms with Gasteiger partial charge in [-0.05, 0) is 74.7 Å². The molecular weight excluding hydrogens is 494 g/mol. The number of carboxylic acid groups (broad SMARTS) is 1. The van der Waals surface area contributed by atoms with Gasteiger partial charge in [-0.25, -0.2) is 4.98 Å². The molecule has 10 heteroatoms. The van der Waals surface area contributed by atoms with Crippen LogP contribution >= 0.6 is 0 Å². The van der Waals surface area contributed by atoms with Crippen LogP contribution in [0.25, 0.3) is 11.0 Å². The van der Waals surface area contributed by atoms with Crippen molar-refractivity contribution >= 4 is 34.4 Å². The van der Waals surface area contributed by atoms with Gasteiger partial charge in [0.25, 0.3) is 0 Å². The Bertz CT molecular complexity index is 1390. The average Bonchev–Trinajstić information content (AvgIpc) is 3.51. The number of hydrogen-bond donors (Lipinski definition) is 4. The predicted octanol–water partition coefficient (Wildman–Crippen LogP) is 2.90. The molecule has 1 aliphatic heterocycles. The van der Waals surface area contributed by atoms with Gasteiger partial charge in [-0.15, -0.1) is 0 Å². The van der Waals surface area contributed by atoms with Gasteiger partial charge >= 0.3 is 5.97 Å². The summed E-state index contributed by atoms with van der Waals surface area (Å²) in [5.74, 6) is 0.328. The van der Waals surface area contributed by atoms with E-state index in [-0.39, 0.29) is 24.2 Å². The van der Waals surface area contributed by atoms with Gasteiger partial charge < -0.3 is 30.5 Å². The van der Waals surface area contributed by atoms with Crippen LogP contribution in [-0.2, 0) is 28.6 Å². The summed E-state index contributed by atoms with van der Waals surface area (Å²) in [6, 6.07) is 13.8. The number of nitrogens with zero attached hydrogens (tertiary/aromatic N) is 4. The Morgan fingerprint density at radius 3 is 2.64 bits per heavy atom. The van der Waals surface area contributed by atoms with Crippen molar-refractivity contribution in [2.45, 2.75) is 50.1 Å². The van der Waals surface area contributed by atoms with Crippen LogP contribution in [0.5, 0.6) is 0 Å². The normalized spacial score (nSPS) is 18.0. The molecule has 3 aromatic rings. The van der Waals surface area contributed by atoms with E-state index in [1.54, 1.807) is 0 Å². The number of carbonyl (C=O) groups excluding carboxylic acids is 1. The molecule has 2 aromatic carbocycles. The zero-order valence-corrected chi connectivity index (χ0v) is 22.6. The molecular formula is C29H37N7O3. The molecule has 1 saturated carbocycles. The van der Waals surface area contributed by atoms with Gasteiger partial charge in [-0.1, -0.05) is 6.07 Å². The van der Waals surface area contributed by atoms with E-state index in [9.17, 15) is 9.59 Å². The maximum Gasteiger partial charge on any atom is 0.304 e. The molecule has 2 heterocycles. The van der Waals surface area contributed by atoms with Crippen molar-refractivity contribution < 1.29 is 14.7 Å². The van der Waals surface area contributed by atoms with Gasteiger partial charge in [0, 0.05) is 44.0 Å². The Balaban J connectivity index is 1.29. The van der Waals surface area contributed by atoms with Crippen LogP contribution in [0.1, 0.15) is 49.1 Å². The summed E-state index contributed by atoms with van der Waals surface area (Å²) >= 11 is 0. The van der Waals surface area contributed by atoms with Crippen molar-refractivity contribution in [2.75, 3.05) is 32.0 Å². The third-order valence-corrected chi connectivity index (χ3v) is 8.20. The highest BCUT2D eigenvalue weighted by molar-refractivity contribution is 5.95. The molecule has 2 aliphatic rings. The van der Waals surface area contributed by atoms with Crippen LogP contribution in [0.4, 0.5) is 5.69 Å². The van der Waals surface area contributed by atoms with E-state index in [0.29, 0.717) is 25.2 Å². The fourth-order valence-electron chi connectivity index (χ4n) is 5.71. The molecule has 5 N–H and O–H groups in total. The standard InChI is InChI=1S/C29H37N7O3/c1-34(15-11-26(37)38)18-22-4-3-14-36(22)28(39)29(12-13-29)20-7-10-24-23(16-20)33-25(35(24)2)17-32-21-8-5-19(6-9-21)27(30)31/h5-10,16,22,32H,3-4,11-15,17-18H2,1-2H3,(H3,30,31)(H,37,38). The number of nitrogens with two attached hydrogens (primary N) is 1. The van der Waals surface area contributed by atoms with Gasteiger partial charge in [0.1, 0.15) is 11.7 Å². The molecule has 0 radical (unpaired) electrons. The smallest absolute Gasteiger partial charge is 0.304 e. The van der Waals surface area contributed by atoms with Crippen LogP contribution in [0, 0.1) is 5.41 Å². The summed E-state index contributed by atoms with van der Waals surface area (Å²) in [6.45, 7) is 2.47. The Morgan fingerprint density at radius 1 is 1.23 bits per heavy atom. The van der Waals surface area contributed by atoms with Crippen LogP contribution in [0.2, 0.25) is 0 Å². The molecule has 2 fully saturated rings. The number of fused-ring (bicyclic) bond motifs is 1. The highest BCUT2D eigenvalue weighted by Gasteiger charge is 2.54. The van der Waals surface area contributed by atoms with E-state index >= 15 is 0 Å². The number of aryl methyl sites for hydroxylation is 1. The summed E-state index contributed by atoms with van der Waals surface area (Å²) in [7, 11) is 3.93. The van der Waals surface area contributed by atoms with Crippen molar-refractivity contribution in [1.29, 1.82) is 5.41 Å². The number of aromatic nitrogens is 2. The van der Waals surface area contributed by atoms with Crippen molar-refractivity contribution in [3.8, 4) is 0 Å². The largest absolute Gasteiger partial charge is 0.481 e. The first-order valence-electron chi connectivity index (χ1n) is 13.5. The molecule has 1 aromatic heterocycles. The van der Waals surface area contributed by atoms with Gasteiger partial charge in [-0.2, -0.15) is 0 Å². The fourth-order valence-corrected chi connectivity index (χ4v) is 5.71. The lowest BCUT2D eigenvalue weighted by Crippen LogP contribution is -2.46. The zero-order valence-electron chi connectivity index (χ0n) is 22.6. The van der Waals surface area contributed by atoms with Gasteiger partial charge in [0.05, 0.1) is 29.4 Å². The highest BCUT2D eigenvalue weighted by Crippen LogP contribution is 2.51. The minimum atomic E-state index is -0.801. The first-order chi connectivity index (χ1) is 18.7. The number of amidine groups is 1. The van der Waals surface area contributed by atoms with E-state index in [4.69, 9.17) is 21.2 Å². The lowest BCUT2D eigenvalue weighted by molar-refractivity contribution is -0.138. The summed E-state index contributed by atoms with van der Waals surface area (Å²) in [5.41, 5.74) is 9.60. The number of likely N-dealkylation sites (N-methyl/N-ethyl adjacent to an activating group) is 1. The lowest BCUT2D eigenvalue weighted by atomic mass is 9.93. The van der Waals surface area contributed by atoms with E-state index in [1.807, 2.05) is 48.2 Å². The molecule has 0 spiro atoms. The molecule has 0 bridgehead atoms. The van der Waals surface area contributed by atoms with E-state index < -0.39 is 11.4 Å². The second-order valence-corrected chi connectivity index (χ2v) is 10.9. The quantitative estimate of drug-likeness (QED) is 0.220. The molecule has 1 aliphatic carbocycles. The Kier molecular flexibility index (Phi) is 7.31. The van der Waals surface area contributed by atoms with Gasteiger partial charge in [0.2, 0.25) is 5.91 Å². The van der Waals surface area contributed by atoms with Crippen molar-refractivity contribution in [1.82, 2.24) is 19.4 Å². The molecule has 1 unspecified atom stereocenters. The third-order valence-electron chi connectivity index (χ3n) is 8.20. The summed E-state index contributed by atoms with van der Waals surface area (Å²) in [6.07, 6.45) is 3.72. The molecule has 1 saturated heterocycles. The predicted molar refractivity (Wildman–Crippen MR) is 151 cm³/mol. The number of hydrogen-bond acceptors (Lipinski definition) is 6. The molecule has 10 nitrogen and oxygen atoms in total. The summed E-state index contributed by atoms with van der Waals surface area (Å²) < 4.78 is 2.07. The average molecular weight is 532 g/mol. The first kappa shape index (κ1) is 26.7. The van der Waals surface area contributed by atoms with Crippen molar-refractivity contribution in [2.24, 2.45) is 12.8 Å². The van der Waals surface area contributed by atoms with Crippen LogP contribution < -0.4 is 11.1 Å². The SMILES string of the molecule is CN(CCC(=O)O)CC1CCCN1C(=O)C1(c2ccc3c(c2)nc(CNc2ccc(C(=N)N)cc2)n3C)CC1. The van der Waals surface area contributed by atoms with Crippen molar-refractivity contribution in [3.63, 3.8) is 0 Å². The molecule has 5 rings (SSSR count). The maximum absolute atomic E-state index is 13.9. The number of amides is 1. The number of aliphatic carboxylic acids is 1. The minimum absolute atomic E-state index is 0.0444. The van der Waals surface area contributed by atoms with E-state index in [0.717, 1.165) is 60.3 Å². The first-order valence-corrected chi connectivity index (χ1v) is 13.5. The topological polar surface area (TPSA) is 141 Å². The number of imidazole rings is 1. The Morgan fingerprint density at radius 2 is 1.97 bits per heavy atom. The molecule has 1 atom stereocenters. The summed E-state index contributed by atoms with van der Waals surface area (Å²) in [4.78, 5) is 33.8. The Labute approximate surface area is 228 Å². The molecule has 1 amide bonds. The van der Waals surface area contributed by atoms with Gasteiger partial charge in [-0.3, -0.25) is 15.0 Å². The van der Waals surface area contributed by atoms with Gasteiger partial charge in [0.15, 0.2) is 0 Å². The second kappa shape index (κ2) is 10.7. The number of likely N-dealkylation sites (tertiary alicyclic amines) is 1. The highest BCUT2D eigenvalue weighted by atomic mass is 16.4. The second-order valence-electron chi connectivity index (χ2n) is 10.9. The monoisotopic (exact) mass is 531 g/mol. The van der Waals surface area contributed by atoms with Crippen LogP contribution in [-0.4, -0.2) is 74.9 Å². The number of nitrogens with one attached hydrogen (secondary N) is 2. The Hall–Kier alpha value is -3.92. The number of nitrogen functional groups attached to an aromatic ring is 1.